The number of rotatable bonds is 2. The van der Waals surface area contributed by atoms with Crippen LogP contribution in [-0.4, -0.2) is 6.54 Å². The number of para-hydroxylation sites is 1. The zero-order chi connectivity index (χ0) is 8.27. The minimum Gasteiger partial charge on any atom is -0.396 e. The third-order valence-corrected chi connectivity index (χ3v) is 1.56. The molecule has 1 aromatic carbocycles. The maximum absolute atomic E-state index is 12.7. The summed E-state index contributed by atoms with van der Waals surface area (Å²) in [6, 6.07) is 4.76. The smallest absolute Gasteiger partial charge is 0.146 e. The van der Waals surface area contributed by atoms with Crippen LogP contribution < -0.4 is 11.5 Å². The fraction of sp³-hybridized carbons (Fsp3) is 0.250. The number of nitrogen functional groups attached to an aromatic ring is 1. The lowest BCUT2D eigenvalue weighted by Gasteiger charge is -2.03. The fourth-order valence-electron chi connectivity index (χ4n) is 0.955. The second kappa shape index (κ2) is 3.34. The molecule has 0 saturated heterocycles. The van der Waals surface area contributed by atoms with E-state index in [1.165, 1.54) is 6.07 Å². The molecule has 0 aromatic heterocycles. The van der Waals surface area contributed by atoms with Gasteiger partial charge in [0, 0.05) is 0 Å². The molecule has 0 spiro atoms. The standard InChI is InChI=1S/C8H11FN2/c9-7-3-1-2-6(4-5-10)8(7)11/h1-3H,4-5,10-11H2. The van der Waals surface area contributed by atoms with Crippen LogP contribution in [0.25, 0.3) is 0 Å². The van der Waals surface area contributed by atoms with Gasteiger partial charge in [0.25, 0.3) is 0 Å². The molecule has 0 aliphatic carbocycles. The van der Waals surface area contributed by atoms with E-state index in [1.54, 1.807) is 12.1 Å². The topological polar surface area (TPSA) is 52.0 Å². The van der Waals surface area contributed by atoms with E-state index < -0.39 is 0 Å². The lowest BCUT2D eigenvalue weighted by molar-refractivity contribution is 0.630. The number of halogens is 1. The minimum absolute atomic E-state index is 0.220. The van der Waals surface area contributed by atoms with Gasteiger partial charge < -0.3 is 11.5 Å². The van der Waals surface area contributed by atoms with Gasteiger partial charge in [0.1, 0.15) is 5.82 Å². The monoisotopic (exact) mass is 154 g/mol. The quantitative estimate of drug-likeness (QED) is 0.622. The first-order chi connectivity index (χ1) is 5.25. The molecule has 0 aliphatic rings. The summed E-state index contributed by atoms with van der Waals surface area (Å²) >= 11 is 0. The molecule has 4 N–H and O–H groups in total. The Hall–Kier alpha value is -1.09. The highest BCUT2D eigenvalue weighted by Crippen LogP contribution is 2.15. The molecule has 0 aliphatic heterocycles. The van der Waals surface area contributed by atoms with Crippen molar-refractivity contribution in [2.24, 2.45) is 5.73 Å². The molecule has 0 amide bonds. The van der Waals surface area contributed by atoms with Gasteiger partial charge in [-0.25, -0.2) is 4.39 Å². The molecule has 0 heterocycles. The first-order valence-corrected chi connectivity index (χ1v) is 3.48. The van der Waals surface area contributed by atoms with Gasteiger partial charge in [-0.15, -0.1) is 0 Å². The maximum atomic E-state index is 12.7. The molecule has 11 heavy (non-hydrogen) atoms. The molecular weight excluding hydrogens is 143 g/mol. The molecule has 3 heteroatoms. The first-order valence-electron chi connectivity index (χ1n) is 3.48. The molecule has 0 saturated carbocycles. The summed E-state index contributed by atoms with van der Waals surface area (Å²) < 4.78 is 12.7. The lowest BCUT2D eigenvalue weighted by atomic mass is 10.1. The Labute approximate surface area is 65.0 Å². The van der Waals surface area contributed by atoms with Crippen LogP contribution in [0.4, 0.5) is 10.1 Å². The summed E-state index contributed by atoms with van der Waals surface area (Å²) in [6.07, 6.45) is 0.629. The van der Waals surface area contributed by atoms with Gasteiger partial charge in [-0.1, -0.05) is 12.1 Å². The molecule has 0 fully saturated rings. The molecule has 0 bridgehead atoms. The summed E-state index contributed by atoms with van der Waals surface area (Å²) in [6.45, 7) is 0.494. The molecule has 1 aromatic rings. The van der Waals surface area contributed by atoms with Crippen molar-refractivity contribution in [3.63, 3.8) is 0 Å². The van der Waals surface area contributed by atoms with Gasteiger partial charge in [0.15, 0.2) is 0 Å². The molecule has 1 rings (SSSR count). The Morgan fingerprint density at radius 3 is 2.73 bits per heavy atom. The fourth-order valence-corrected chi connectivity index (χ4v) is 0.955. The summed E-state index contributed by atoms with van der Waals surface area (Å²) in [5.74, 6) is -0.365. The number of nitrogens with two attached hydrogens (primary N) is 2. The van der Waals surface area contributed by atoms with Gasteiger partial charge >= 0.3 is 0 Å². The molecule has 0 unspecified atom stereocenters. The zero-order valence-electron chi connectivity index (χ0n) is 6.18. The number of benzene rings is 1. The van der Waals surface area contributed by atoms with Crippen molar-refractivity contribution < 1.29 is 4.39 Å². The van der Waals surface area contributed by atoms with Crippen LogP contribution >= 0.6 is 0 Å². The Balaban J connectivity index is 2.96. The molecule has 0 radical (unpaired) electrons. The normalized spacial score (nSPS) is 10.0. The zero-order valence-corrected chi connectivity index (χ0v) is 6.18. The van der Waals surface area contributed by atoms with Crippen LogP contribution in [0.15, 0.2) is 18.2 Å². The number of hydrogen-bond donors (Lipinski definition) is 2. The Morgan fingerprint density at radius 2 is 2.09 bits per heavy atom. The second-order valence-corrected chi connectivity index (χ2v) is 2.35. The van der Waals surface area contributed by atoms with Gasteiger partial charge in [0.05, 0.1) is 5.69 Å². The highest BCUT2D eigenvalue weighted by molar-refractivity contribution is 5.47. The third-order valence-electron chi connectivity index (χ3n) is 1.56. The predicted octanol–water partition coefficient (Wildman–Crippen LogP) is 0.909. The molecular formula is C8H11FN2. The van der Waals surface area contributed by atoms with Crippen molar-refractivity contribution in [2.75, 3.05) is 12.3 Å². The van der Waals surface area contributed by atoms with Crippen molar-refractivity contribution in [3.05, 3.63) is 29.6 Å². The summed E-state index contributed by atoms with van der Waals surface area (Å²) in [5, 5.41) is 0. The van der Waals surface area contributed by atoms with E-state index in [-0.39, 0.29) is 11.5 Å². The van der Waals surface area contributed by atoms with E-state index in [1.807, 2.05) is 0 Å². The van der Waals surface area contributed by atoms with Crippen LogP contribution in [-0.2, 0) is 6.42 Å². The average molecular weight is 154 g/mol. The van der Waals surface area contributed by atoms with Crippen molar-refractivity contribution >= 4 is 5.69 Å². The highest BCUT2D eigenvalue weighted by Gasteiger charge is 2.01. The molecule has 2 nitrogen and oxygen atoms in total. The third kappa shape index (κ3) is 1.68. The lowest BCUT2D eigenvalue weighted by Crippen LogP contribution is -2.06. The van der Waals surface area contributed by atoms with Crippen molar-refractivity contribution in [3.8, 4) is 0 Å². The van der Waals surface area contributed by atoms with Gasteiger partial charge in [-0.3, -0.25) is 0 Å². The summed E-state index contributed by atoms with van der Waals surface area (Å²) in [4.78, 5) is 0. The summed E-state index contributed by atoms with van der Waals surface area (Å²) in [7, 11) is 0. The van der Waals surface area contributed by atoms with E-state index in [0.717, 1.165) is 5.56 Å². The van der Waals surface area contributed by atoms with E-state index in [2.05, 4.69) is 0 Å². The van der Waals surface area contributed by atoms with E-state index in [9.17, 15) is 4.39 Å². The van der Waals surface area contributed by atoms with Crippen LogP contribution in [0, 0.1) is 5.82 Å². The number of anilines is 1. The van der Waals surface area contributed by atoms with Crippen LogP contribution in [0.3, 0.4) is 0 Å². The average Bonchev–Trinajstić information content (AvgIpc) is 1.99. The highest BCUT2D eigenvalue weighted by atomic mass is 19.1. The van der Waals surface area contributed by atoms with Gasteiger partial charge in [-0.2, -0.15) is 0 Å². The minimum atomic E-state index is -0.365. The number of hydrogen-bond acceptors (Lipinski definition) is 2. The summed E-state index contributed by atoms with van der Waals surface area (Å²) in [5.41, 5.74) is 11.7. The van der Waals surface area contributed by atoms with E-state index >= 15 is 0 Å². The second-order valence-electron chi connectivity index (χ2n) is 2.35. The van der Waals surface area contributed by atoms with Gasteiger partial charge in [0.2, 0.25) is 0 Å². The predicted molar refractivity (Wildman–Crippen MR) is 43.6 cm³/mol. The van der Waals surface area contributed by atoms with E-state index in [0.29, 0.717) is 13.0 Å². The maximum Gasteiger partial charge on any atom is 0.146 e. The van der Waals surface area contributed by atoms with Gasteiger partial charge in [-0.05, 0) is 24.6 Å². The van der Waals surface area contributed by atoms with Crippen LogP contribution in [0.1, 0.15) is 5.56 Å². The SMILES string of the molecule is NCCc1cccc(F)c1N. The Bertz CT molecular complexity index is 248. The largest absolute Gasteiger partial charge is 0.396 e. The molecule has 0 atom stereocenters. The first kappa shape index (κ1) is 8.01. The Morgan fingerprint density at radius 1 is 1.36 bits per heavy atom. The Kier molecular flexibility index (Phi) is 2.44. The van der Waals surface area contributed by atoms with Crippen molar-refractivity contribution in [2.45, 2.75) is 6.42 Å². The van der Waals surface area contributed by atoms with E-state index in [4.69, 9.17) is 11.5 Å². The van der Waals surface area contributed by atoms with Crippen molar-refractivity contribution in [1.82, 2.24) is 0 Å². The van der Waals surface area contributed by atoms with Crippen LogP contribution in [0.5, 0.6) is 0 Å². The van der Waals surface area contributed by atoms with Crippen molar-refractivity contribution in [1.29, 1.82) is 0 Å². The van der Waals surface area contributed by atoms with Crippen LogP contribution in [0.2, 0.25) is 0 Å². The molecule has 60 valence electrons.